The minimum atomic E-state index is -0.884. The van der Waals surface area contributed by atoms with Crippen LogP contribution in [-0.2, 0) is 11.2 Å². The molecule has 7 heteroatoms. The summed E-state index contributed by atoms with van der Waals surface area (Å²) in [5, 5.41) is 19.9. The fraction of sp³-hybridized carbons (Fsp3) is 0.231. The van der Waals surface area contributed by atoms with Crippen molar-refractivity contribution in [2.24, 2.45) is 0 Å². The van der Waals surface area contributed by atoms with Crippen LogP contribution in [0.3, 0.4) is 0 Å². The van der Waals surface area contributed by atoms with Crippen molar-refractivity contribution >= 4 is 29.1 Å². The molecule has 0 aliphatic rings. The van der Waals surface area contributed by atoms with E-state index in [1.807, 2.05) is 0 Å². The van der Waals surface area contributed by atoms with E-state index in [1.54, 1.807) is 30.5 Å². The zero-order valence-electron chi connectivity index (χ0n) is 10.4. The second-order valence-corrected chi connectivity index (χ2v) is 5.09. The van der Waals surface area contributed by atoms with E-state index in [0.29, 0.717) is 21.3 Å². The summed E-state index contributed by atoms with van der Waals surface area (Å²) in [5.74, 6) is -0.210. The molecule has 0 aliphatic heterocycles. The van der Waals surface area contributed by atoms with Crippen LogP contribution >= 0.6 is 23.2 Å². The number of rotatable bonds is 5. The van der Waals surface area contributed by atoms with E-state index in [4.69, 9.17) is 23.2 Å². The number of amides is 1. The summed E-state index contributed by atoms with van der Waals surface area (Å²) < 4.78 is 0. The molecule has 3 N–H and O–H groups in total. The molecule has 0 saturated carbocycles. The number of aromatic nitrogens is 2. The van der Waals surface area contributed by atoms with E-state index < -0.39 is 6.10 Å². The first kappa shape index (κ1) is 14.8. The van der Waals surface area contributed by atoms with Gasteiger partial charge < -0.3 is 10.4 Å². The van der Waals surface area contributed by atoms with Crippen molar-refractivity contribution in [3.8, 4) is 0 Å². The molecule has 1 atom stereocenters. The molecule has 0 radical (unpaired) electrons. The van der Waals surface area contributed by atoms with E-state index in [1.165, 1.54) is 0 Å². The lowest BCUT2D eigenvalue weighted by molar-refractivity contribution is -0.120. The highest BCUT2D eigenvalue weighted by molar-refractivity contribution is 6.35. The van der Waals surface area contributed by atoms with Gasteiger partial charge >= 0.3 is 0 Å². The Morgan fingerprint density at radius 1 is 1.40 bits per heavy atom. The van der Waals surface area contributed by atoms with Gasteiger partial charge in [0.25, 0.3) is 0 Å². The quantitative estimate of drug-likeness (QED) is 0.791. The molecule has 5 nitrogen and oxygen atoms in total. The van der Waals surface area contributed by atoms with Crippen LogP contribution in [0.4, 0.5) is 0 Å². The summed E-state index contributed by atoms with van der Waals surface area (Å²) in [6, 6.07) is 6.54. The lowest BCUT2D eigenvalue weighted by atomic mass is 10.1. The maximum atomic E-state index is 11.7. The molecule has 2 aromatic rings. The van der Waals surface area contributed by atoms with Crippen LogP contribution in [0.5, 0.6) is 0 Å². The van der Waals surface area contributed by atoms with Gasteiger partial charge in [-0.05, 0) is 18.2 Å². The molecule has 20 heavy (non-hydrogen) atoms. The zero-order chi connectivity index (χ0) is 14.5. The number of benzene rings is 1. The number of carbonyl (C=O) groups excluding carboxylic acids is 1. The number of carbonyl (C=O) groups is 1. The lowest BCUT2D eigenvalue weighted by Gasteiger charge is -2.13. The summed E-state index contributed by atoms with van der Waals surface area (Å²) in [6.45, 7) is 0.0777. The van der Waals surface area contributed by atoms with E-state index in [0.717, 1.165) is 0 Å². The Labute approximate surface area is 125 Å². The van der Waals surface area contributed by atoms with Gasteiger partial charge in [-0.15, -0.1) is 0 Å². The van der Waals surface area contributed by atoms with Crippen LogP contribution in [0.25, 0.3) is 0 Å². The third kappa shape index (κ3) is 3.96. The molecular weight excluding hydrogens is 301 g/mol. The van der Waals surface area contributed by atoms with Crippen LogP contribution in [-0.4, -0.2) is 27.8 Å². The number of aliphatic hydroxyl groups excluding tert-OH is 1. The Bertz CT molecular complexity index is 587. The molecule has 1 amide bonds. The van der Waals surface area contributed by atoms with Crippen LogP contribution in [0.15, 0.2) is 30.5 Å². The number of hydrogen-bond donors (Lipinski definition) is 3. The van der Waals surface area contributed by atoms with Crippen molar-refractivity contribution < 1.29 is 9.90 Å². The number of halogens is 2. The first-order valence-electron chi connectivity index (χ1n) is 5.94. The molecular formula is C13H13Cl2N3O2. The molecule has 1 heterocycles. The van der Waals surface area contributed by atoms with Gasteiger partial charge in [0.05, 0.1) is 12.5 Å². The van der Waals surface area contributed by atoms with Gasteiger partial charge in [0, 0.05) is 34.0 Å². The molecule has 0 fully saturated rings. The van der Waals surface area contributed by atoms with Crippen LogP contribution in [0, 0.1) is 0 Å². The maximum Gasteiger partial charge on any atom is 0.226 e. The summed E-state index contributed by atoms with van der Waals surface area (Å²) in [6.07, 6.45) is 0.872. The third-order valence-corrected chi connectivity index (χ3v) is 3.29. The fourth-order valence-electron chi connectivity index (χ4n) is 1.71. The van der Waals surface area contributed by atoms with Crippen molar-refractivity contribution in [2.75, 3.05) is 6.54 Å². The Morgan fingerprint density at radius 3 is 2.85 bits per heavy atom. The Kier molecular flexibility index (Phi) is 5.00. The van der Waals surface area contributed by atoms with E-state index in [-0.39, 0.29) is 18.9 Å². The van der Waals surface area contributed by atoms with Gasteiger partial charge in [0.1, 0.15) is 0 Å². The average molecular weight is 314 g/mol. The molecule has 0 saturated heterocycles. The average Bonchev–Trinajstić information content (AvgIpc) is 2.89. The molecule has 2 rings (SSSR count). The fourth-order valence-corrected chi connectivity index (χ4v) is 2.25. The van der Waals surface area contributed by atoms with E-state index >= 15 is 0 Å². The van der Waals surface area contributed by atoms with Crippen molar-refractivity contribution in [1.29, 1.82) is 0 Å². The topological polar surface area (TPSA) is 78.0 Å². The van der Waals surface area contributed by atoms with Gasteiger partial charge in [0.15, 0.2) is 0 Å². The highest BCUT2D eigenvalue weighted by atomic mass is 35.5. The Balaban J connectivity index is 1.88. The molecule has 0 bridgehead atoms. The second-order valence-electron chi connectivity index (χ2n) is 4.24. The number of hydrogen-bond acceptors (Lipinski definition) is 3. The normalized spacial score (nSPS) is 12.2. The van der Waals surface area contributed by atoms with Gasteiger partial charge in [-0.25, -0.2) is 0 Å². The second kappa shape index (κ2) is 6.74. The lowest BCUT2D eigenvalue weighted by Crippen LogP contribution is -2.29. The molecule has 1 aromatic heterocycles. The third-order valence-electron chi connectivity index (χ3n) is 2.72. The smallest absolute Gasteiger partial charge is 0.226 e. The first-order valence-corrected chi connectivity index (χ1v) is 6.70. The minimum Gasteiger partial charge on any atom is -0.387 e. The van der Waals surface area contributed by atoms with Crippen molar-refractivity contribution in [3.63, 3.8) is 0 Å². The van der Waals surface area contributed by atoms with E-state index in [2.05, 4.69) is 15.5 Å². The minimum absolute atomic E-state index is 0.0777. The molecule has 0 spiro atoms. The maximum absolute atomic E-state index is 11.7. The van der Waals surface area contributed by atoms with Crippen molar-refractivity contribution in [3.05, 3.63) is 51.8 Å². The van der Waals surface area contributed by atoms with Crippen molar-refractivity contribution in [2.45, 2.75) is 12.5 Å². The number of nitrogens with zero attached hydrogens (tertiary/aromatic N) is 1. The zero-order valence-corrected chi connectivity index (χ0v) is 11.9. The van der Waals surface area contributed by atoms with Gasteiger partial charge in [-0.3, -0.25) is 9.89 Å². The van der Waals surface area contributed by atoms with Gasteiger partial charge in [-0.2, -0.15) is 5.10 Å². The largest absolute Gasteiger partial charge is 0.387 e. The van der Waals surface area contributed by atoms with E-state index in [9.17, 15) is 9.90 Å². The number of aromatic amines is 1. The standard InChI is InChI=1S/C13H13Cl2N3O2/c14-8-1-2-10(11(15)5-8)12(19)7-16-13(20)6-9-3-4-17-18-9/h1-5,12,19H,6-7H2,(H,16,20)(H,17,18). The predicted molar refractivity (Wildman–Crippen MR) is 76.7 cm³/mol. The SMILES string of the molecule is O=C(Cc1ccn[nH]1)NCC(O)c1ccc(Cl)cc1Cl. The Morgan fingerprint density at radius 2 is 2.20 bits per heavy atom. The predicted octanol–water partition coefficient (Wildman–Crippen LogP) is 2.11. The van der Waals surface area contributed by atoms with Crippen LogP contribution < -0.4 is 5.32 Å². The van der Waals surface area contributed by atoms with Crippen LogP contribution in [0.1, 0.15) is 17.4 Å². The summed E-state index contributed by atoms with van der Waals surface area (Å²) in [5.41, 5.74) is 1.24. The monoisotopic (exact) mass is 313 g/mol. The molecule has 1 aromatic carbocycles. The molecule has 1 unspecified atom stereocenters. The number of nitrogens with one attached hydrogen (secondary N) is 2. The summed E-state index contributed by atoms with van der Waals surface area (Å²) in [4.78, 5) is 11.7. The highest BCUT2D eigenvalue weighted by Crippen LogP contribution is 2.25. The summed E-state index contributed by atoms with van der Waals surface area (Å²) >= 11 is 11.8. The number of aliphatic hydroxyl groups is 1. The number of H-pyrrole nitrogens is 1. The molecule has 106 valence electrons. The van der Waals surface area contributed by atoms with Gasteiger partial charge in [-0.1, -0.05) is 29.3 Å². The Hall–Kier alpha value is -1.56. The molecule has 0 aliphatic carbocycles. The van der Waals surface area contributed by atoms with Crippen molar-refractivity contribution in [1.82, 2.24) is 15.5 Å². The highest BCUT2D eigenvalue weighted by Gasteiger charge is 2.13. The first-order chi connectivity index (χ1) is 9.56. The summed E-state index contributed by atoms with van der Waals surface area (Å²) in [7, 11) is 0. The van der Waals surface area contributed by atoms with Crippen LogP contribution in [0.2, 0.25) is 10.0 Å². The van der Waals surface area contributed by atoms with Gasteiger partial charge in [0.2, 0.25) is 5.91 Å².